The average Bonchev–Trinajstić information content (AvgIpc) is 3.65. The molecular formula is C42H38N4O4. The quantitative estimate of drug-likeness (QED) is 0.0629. The van der Waals surface area contributed by atoms with Gasteiger partial charge in [-0.25, -0.2) is 9.59 Å². The molecule has 0 fully saturated rings. The number of nitrogens with zero attached hydrogens (tertiary/aromatic N) is 4. The number of carbonyl (C=O) groups excluding carboxylic acids is 3. The van der Waals surface area contributed by atoms with E-state index in [2.05, 4.69) is 71.5 Å². The second-order valence-corrected chi connectivity index (χ2v) is 12.3. The molecule has 8 heteroatoms. The number of esters is 1. The second kappa shape index (κ2) is 13.1. The molecular weight excluding hydrogens is 624 g/mol. The number of rotatable bonds is 10. The Morgan fingerprint density at radius 1 is 0.640 bits per heavy atom. The molecule has 250 valence electrons. The summed E-state index contributed by atoms with van der Waals surface area (Å²) in [6.07, 6.45) is 0.893. The predicted molar refractivity (Wildman–Crippen MR) is 203 cm³/mol. The number of hydrogen-bond acceptors (Lipinski definition) is 6. The Hall–Kier alpha value is -6.11. The standard InChI is InChI=1S/C42H38N4O4/c1-6-45-35-15-11-9-13-29(35)31-23-27(17-19-37(31)45)43(4)39-26-34(42(49)50-8-3)40(25-33(39)41(48)21-22-47)44(5)28-18-20-38-32(24-28)30-14-10-12-16-36(30)46(38)7-2/h9-21,23-26H,6-8H2,1-5H3. The Labute approximate surface area is 290 Å². The monoisotopic (exact) mass is 662 g/mol. The van der Waals surface area contributed by atoms with Crippen LogP contribution in [0, 0.1) is 0 Å². The van der Waals surface area contributed by atoms with Crippen LogP contribution in [-0.2, 0) is 22.6 Å². The van der Waals surface area contributed by atoms with E-state index in [-0.39, 0.29) is 12.2 Å². The van der Waals surface area contributed by atoms with E-state index in [0.29, 0.717) is 16.9 Å². The molecule has 7 aromatic rings. The number of allylic oxidation sites excluding steroid dienone is 1. The summed E-state index contributed by atoms with van der Waals surface area (Å²) in [6.45, 7) is 7.85. The van der Waals surface area contributed by atoms with Gasteiger partial charge in [0.15, 0.2) is 5.78 Å². The van der Waals surface area contributed by atoms with Crippen LogP contribution in [0.3, 0.4) is 0 Å². The third-order valence-corrected chi connectivity index (χ3v) is 9.71. The Morgan fingerprint density at radius 3 is 1.58 bits per heavy atom. The Bertz CT molecular complexity index is 2520. The average molecular weight is 663 g/mol. The summed E-state index contributed by atoms with van der Waals surface area (Å²) < 4.78 is 10.1. The lowest BCUT2D eigenvalue weighted by atomic mass is 10.00. The van der Waals surface area contributed by atoms with E-state index in [1.165, 1.54) is 0 Å². The number of aromatic nitrogens is 2. The molecule has 0 radical (unpaired) electrons. The van der Waals surface area contributed by atoms with Crippen molar-refractivity contribution in [3.63, 3.8) is 0 Å². The topological polar surface area (TPSA) is 76.8 Å². The van der Waals surface area contributed by atoms with Crippen molar-refractivity contribution in [2.75, 3.05) is 30.5 Å². The number of fused-ring (bicyclic) bond motifs is 6. The first-order chi connectivity index (χ1) is 24.3. The van der Waals surface area contributed by atoms with Gasteiger partial charge in [-0.3, -0.25) is 4.79 Å². The minimum absolute atomic E-state index is 0.183. The van der Waals surface area contributed by atoms with E-state index in [4.69, 9.17) is 4.74 Å². The van der Waals surface area contributed by atoms with E-state index in [9.17, 15) is 14.4 Å². The molecule has 0 N–H and O–H groups in total. The smallest absolute Gasteiger partial charge is 0.340 e. The normalized spacial score (nSPS) is 11.3. The highest BCUT2D eigenvalue weighted by Gasteiger charge is 2.25. The number of carbonyl (C=O) groups is 2. The number of para-hydroxylation sites is 2. The van der Waals surface area contributed by atoms with Gasteiger partial charge < -0.3 is 23.7 Å². The number of benzene rings is 5. The molecule has 0 saturated heterocycles. The van der Waals surface area contributed by atoms with Crippen LogP contribution in [0.5, 0.6) is 0 Å². The molecule has 50 heavy (non-hydrogen) atoms. The molecule has 0 spiro atoms. The van der Waals surface area contributed by atoms with Gasteiger partial charge in [-0.1, -0.05) is 36.4 Å². The van der Waals surface area contributed by atoms with Crippen LogP contribution in [0.2, 0.25) is 0 Å². The fourth-order valence-corrected chi connectivity index (χ4v) is 7.29. The lowest BCUT2D eigenvalue weighted by molar-refractivity contribution is 0.0527. The number of anilines is 4. The zero-order chi connectivity index (χ0) is 35.1. The number of ether oxygens (including phenoxy) is 1. The molecule has 2 heterocycles. The van der Waals surface area contributed by atoms with Crippen LogP contribution < -0.4 is 9.80 Å². The lowest BCUT2D eigenvalue weighted by Crippen LogP contribution is -2.20. The van der Waals surface area contributed by atoms with Crippen molar-refractivity contribution in [3.8, 4) is 0 Å². The zero-order valence-electron chi connectivity index (χ0n) is 28.9. The van der Waals surface area contributed by atoms with Gasteiger partial charge in [-0.2, -0.15) is 0 Å². The van der Waals surface area contributed by atoms with Gasteiger partial charge in [0.25, 0.3) is 0 Å². The van der Waals surface area contributed by atoms with E-state index in [1.807, 2.05) is 60.3 Å². The van der Waals surface area contributed by atoms with Gasteiger partial charge in [-0.15, -0.1) is 0 Å². The van der Waals surface area contributed by atoms with Gasteiger partial charge in [0.2, 0.25) is 0 Å². The summed E-state index contributed by atoms with van der Waals surface area (Å²) in [5.41, 5.74) is 7.63. The van der Waals surface area contributed by atoms with E-state index in [1.54, 1.807) is 25.0 Å². The van der Waals surface area contributed by atoms with Crippen LogP contribution in [0.4, 0.5) is 22.7 Å². The molecule has 0 aliphatic rings. The SMILES string of the molecule is CCOC(=O)c1cc(N(C)c2ccc3c(c2)c2ccccc2n3CC)c(C(=O)C=C=O)cc1N(C)c1ccc2c(c1)c1ccccc1n2CC. The van der Waals surface area contributed by atoms with Crippen LogP contribution in [-0.4, -0.2) is 47.5 Å². The van der Waals surface area contributed by atoms with Crippen molar-refractivity contribution in [1.82, 2.24) is 9.13 Å². The highest BCUT2D eigenvalue weighted by Crippen LogP contribution is 2.40. The summed E-state index contributed by atoms with van der Waals surface area (Å²) in [7, 11) is 3.72. The third kappa shape index (κ3) is 5.21. The zero-order valence-corrected chi connectivity index (χ0v) is 28.9. The maximum Gasteiger partial charge on any atom is 0.340 e. The number of ketones is 1. The summed E-state index contributed by atoms with van der Waals surface area (Å²) in [4.78, 5) is 42.6. The van der Waals surface area contributed by atoms with Gasteiger partial charge in [-0.05, 0) is 81.4 Å². The molecule has 0 unspecified atom stereocenters. The van der Waals surface area contributed by atoms with E-state index >= 15 is 0 Å². The molecule has 2 aromatic heterocycles. The van der Waals surface area contributed by atoms with Gasteiger partial charge in [0, 0.05) is 87.7 Å². The highest BCUT2D eigenvalue weighted by molar-refractivity contribution is 6.15. The number of aryl methyl sites for hydroxylation is 2. The molecule has 0 saturated carbocycles. The first kappa shape index (κ1) is 32.4. The summed E-state index contributed by atoms with van der Waals surface area (Å²) in [6, 6.07) is 32.3. The van der Waals surface area contributed by atoms with Crippen molar-refractivity contribution < 1.29 is 19.1 Å². The van der Waals surface area contributed by atoms with E-state index in [0.717, 1.165) is 74.2 Å². The van der Waals surface area contributed by atoms with Crippen molar-refractivity contribution in [1.29, 1.82) is 0 Å². The van der Waals surface area contributed by atoms with Crippen LogP contribution >= 0.6 is 0 Å². The van der Waals surface area contributed by atoms with Crippen molar-refractivity contribution >= 4 is 84.1 Å². The van der Waals surface area contributed by atoms with Crippen LogP contribution in [0.1, 0.15) is 41.5 Å². The highest BCUT2D eigenvalue weighted by atomic mass is 16.5. The van der Waals surface area contributed by atoms with Crippen LogP contribution in [0.15, 0.2) is 103 Å². The lowest BCUT2D eigenvalue weighted by Gasteiger charge is -2.27. The van der Waals surface area contributed by atoms with Gasteiger partial charge in [0.05, 0.1) is 29.6 Å². The molecule has 0 aliphatic carbocycles. The Morgan fingerprint density at radius 2 is 1.10 bits per heavy atom. The molecule has 5 aromatic carbocycles. The summed E-state index contributed by atoms with van der Waals surface area (Å²) in [5, 5.41) is 4.42. The largest absolute Gasteiger partial charge is 0.462 e. The summed E-state index contributed by atoms with van der Waals surface area (Å²) >= 11 is 0. The molecule has 0 bridgehead atoms. The van der Waals surface area contributed by atoms with Crippen LogP contribution in [0.25, 0.3) is 43.6 Å². The second-order valence-electron chi connectivity index (χ2n) is 12.3. The fourth-order valence-electron chi connectivity index (χ4n) is 7.29. The van der Waals surface area contributed by atoms with Gasteiger partial charge in [0.1, 0.15) is 5.94 Å². The van der Waals surface area contributed by atoms with E-state index < -0.39 is 11.8 Å². The predicted octanol–water partition coefficient (Wildman–Crippen LogP) is 9.23. The van der Waals surface area contributed by atoms with Crippen molar-refractivity contribution in [3.05, 3.63) is 114 Å². The Balaban J connectivity index is 1.41. The maximum absolute atomic E-state index is 13.7. The first-order valence-electron chi connectivity index (χ1n) is 16.9. The molecule has 8 nitrogen and oxygen atoms in total. The molecule has 0 amide bonds. The molecule has 7 rings (SSSR count). The molecule has 0 aliphatic heterocycles. The van der Waals surface area contributed by atoms with Gasteiger partial charge >= 0.3 is 5.97 Å². The maximum atomic E-state index is 13.7. The van der Waals surface area contributed by atoms with Crippen molar-refractivity contribution in [2.24, 2.45) is 0 Å². The Kier molecular flexibility index (Phi) is 8.48. The number of hydrogen-bond donors (Lipinski definition) is 0. The minimum atomic E-state index is -0.517. The fraction of sp³-hybridized carbons (Fsp3) is 0.190. The molecule has 0 atom stereocenters. The minimum Gasteiger partial charge on any atom is -0.462 e. The first-order valence-corrected chi connectivity index (χ1v) is 16.9. The third-order valence-electron chi connectivity index (χ3n) is 9.71. The summed E-state index contributed by atoms with van der Waals surface area (Å²) in [5.74, 6) is 0.624. The van der Waals surface area contributed by atoms with Crippen molar-refractivity contribution in [2.45, 2.75) is 33.9 Å².